The summed E-state index contributed by atoms with van der Waals surface area (Å²) >= 11 is 8.52. The molecule has 0 radical (unpaired) electrons. The van der Waals surface area contributed by atoms with Crippen molar-refractivity contribution in [3.8, 4) is 0 Å². The number of aryl methyl sites for hydroxylation is 1. The van der Waals surface area contributed by atoms with Crippen LogP contribution in [0.15, 0.2) is 34.0 Å². The van der Waals surface area contributed by atoms with E-state index in [0.29, 0.717) is 28.9 Å². The van der Waals surface area contributed by atoms with Crippen molar-refractivity contribution in [3.63, 3.8) is 0 Å². The number of alkyl halides is 3. The third-order valence-corrected chi connectivity index (χ3v) is 8.53. The van der Waals surface area contributed by atoms with Crippen molar-refractivity contribution >= 4 is 46.6 Å². The van der Waals surface area contributed by atoms with Gasteiger partial charge in [0.05, 0.1) is 15.8 Å². The number of hydrogen-bond donors (Lipinski definition) is 0. The second kappa shape index (κ2) is 9.75. The molecule has 192 valence electrons. The van der Waals surface area contributed by atoms with Crippen molar-refractivity contribution < 1.29 is 27.2 Å². The lowest BCUT2D eigenvalue weighted by atomic mass is 9.87. The first kappa shape index (κ1) is 25.2. The molecule has 5 rings (SSSR count). The predicted molar refractivity (Wildman–Crippen MR) is 128 cm³/mol. The van der Waals surface area contributed by atoms with Gasteiger partial charge in [0.1, 0.15) is 18.1 Å². The highest BCUT2D eigenvalue weighted by molar-refractivity contribution is 7.98. The topological polar surface area (TPSA) is 84.5 Å². The van der Waals surface area contributed by atoms with Crippen LogP contribution in [0.4, 0.5) is 18.0 Å². The quantitative estimate of drug-likeness (QED) is 0.388. The first-order valence-electron chi connectivity index (χ1n) is 11.2. The largest absolute Gasteiger partial charge is 0.469 e. The van der Waals surface area contributed by atoms with Gasteiger partial charge in [-0.05, 0) is 38.0 Å². The highest BCUT2D eigenvalue weighted by Crippen LogP contribution is 2.44. The molecule has 0 aliphatic carbocycles. The minimum atomic E-state index is -4.67. The molecule has 2 amide bonds. The Morgan fingerprint density at radius 3 is 2.64 bits per heavy atom. The molecule has 0 aromatic carbocycles. The molecule has 2 aliphatic rings. The zero-order valence-electron chi connectivity index (χ0n) is 19.0. The van der Waals surface area contributed by atoms with Crippen LogP contribution in [0, 0.1) is 6.92 Å². The zero-order valence-corrected chi connectivity index (χ0v) is 21.4. The Morgan fingerprint density at radius 1 is 1.28 bits per heavy atom. The minimum Gasteiger partial charge on any atom is -0.469 e. The summed E-state index contributed by atoms with van der Waals surface area (Å²) in [7, 11) is 0. The Morgan fingerprint density at radius 2 is 2.03 bits per heavy atom. The van der Waals surface area contributed by atoms with Gasteiger partial charge in [-0.3, -0.25) is 4.79 Å². The first-order chi connectivity index (χ1) is 17.1. The van der Waals surface area contributed by atoms with Crippen molar-refractivity contribution in [1.82, 2.24) is 24.6 Å². The van der Waals surface area contributed by atoms with Crippen molar-refractivity contribution in [2.24, 2.45) is 0 Å². The van der Waals surface area contributed by atoms with Crippen molar-refractivity contribution in [2.45, 2.75) is 48.8 Å². The van der Waals surface area contributed by atoms with Gasteiger partial charge >= 0.3 is 12.2 Å². The number of nitrogens with zero attached hydrogens (tertiary/aromatic N) is 5. The third kappa shape index (κ3) is 4.88. The fraction of sp³-hybridized carbons (Fsp3) is 0.455. The van der Waals surface area contributed by atoms with Crippen molar-refractivity contribution in [3.05, 3.63) is 50.8 Å². The number of rotatable bonds is 5. The summed E-state index contributed by atoms with van der Waals surface area (Å²) in [5.74, 6) is -0.950. The van der Waals surface area contributed by atoms with Crippen LogP contribution >= 0.6 is 34.7 Å². The van der Waals surface area contributed by atoms with Gasteiger partial charge in [-0.1, -0.05) is 23.4 Å². The molecule has 5 heterocycles. The lowest BCUT2D eigenvalue weighted by molar-refractivity contribution is -0.209. The summed E-state index contributed by atoms with van der Waals surface area (Å²) in [5.41, 5.74) is 0.205. The van der Waals surface area contributed by atoms with Gasteiger partial charge in [0.25, 0.3) is 5.91 Å². The number of halogens is 4. The van der Waals surface area contributed by atoms with E-state index in [2.05, 4.69) is 10.1 Å². The maximum atomic E-state index is 14.1. The van der Waals surface area contributed by atoms with E-state index in [4.69, 9.17) is 16.0 Å². The maximum absolute atomic E-state index is 14.1. The van der Waals surface area contributed by atoms with Crippen LogP contribution in [0.25, 0.3) is 0 Å². The molecule has 14 heteroatoms. The SMILES string of the molecule is Cc1cc(C(=O)n2nc(C3CN(C(=O)N4CCCC4)C3C(F)(F)F)nc2SCc2ccc(Cl)s2)co1. The maximum Gasteiger partial charge on any atom is 0.409 e. The number of hydrogen-bond acceptors (Lipinski definition) is 7. The second-order valence-electron chi connectivity index (χ2n) is 8.63. The Kier molecular flexibility index (Phi) is 6.81. The Bertz CT molecular complexity index is 1280. The lowest BCUT2D eigenvalue weighted by Gasteiger charge is -2.48. The van der Waals surface area contributed by atoms with Gasteiger partial charge < -0.3 is 14.2 Å². The number of urea groups is 1. The summed E-state index contributed by atoms with van der Waals surface area (Å²) in [6.45, 7) is 2.40. The van der Waals surface area contributed by atoms with Crippen molar-refractivity contribution in [1.29, 1.82) is 0 Å². The predicted octanol–water partition coefficient (Wildman–Crippen LogP) is 5.42. The molecule has 2 unspecified atom stereocenters. The molecular formula is C22H21ClF3N5O3S2. The van der Waals surface area contributed by atoms with Gasteiger partial charge in [0.15, 0.2) is 11.0 Å². The third-order valence-electron chi connectivity index (χ3n) is 6.14. The highest BCUT2D eigenvalue weighted by atomic mass is 35.5. The van der Waals surface area contributed by atoms with E-state index >= 15 is 0 Å². The average molecular weight is 560 g/mol. The molecule has 2 fully saturated rings. The molecule has 2 aliphatic heterocycles. The number of furan rings is 1. The standard InChI is InChI=1S/C22H21ClF3N5O3S2/c1-12-8-13(10-34-12)19(32)31-20(35-11-14-4-5-16(23)36-14)27-18(28-31)15-9-30(17(15)22(24,25)26)21(33)29-6-2-3-7-29/h4-5,8,10,15,17H,2-3,6-7,9,11H2,1H3. The summed E-state index contributed by atoms with van der Waals surface area (Å²) in [6.07, 6.45) is -1.85. The van der Waals surface area contributed by atoms with Crippen LogP contribution in [0.1, 0.15) is 45.6 Å². The normalized spacial score (nSPS) is 20.1. The molecule has 36 heavy (non-hydrogen) atoms. The molecule has 8 nitrogen and oxygen atoms in total. The van der Waals surface area contributed by atoms with E-state index in [-0.39, 0.29) is 23.1 Å². The molecule has 3 aromatic rings. The smallest absolute Gasteiger partial charge is 0.409 e. The molecule has 2 saturated heterocycles. The van der Waals surface area contributed by atoms with E-state index in [1.807, 2.05) is 6.07 Å². The Labute approximate surface area is 217 Å². The van der Waals surface area contributed by atoms with Gasteiger partial charge in [0.2, 0.25) is 0 Å². The summed E-state index contributed by atoms with van der Waals surface area (Å²) in [4.78, 5) is 33.4. The number of thiophene rings is 1. The van der Waals surface area contributed by atoms with E-state index in [1.54, 1.807) is 13.0 Å². The van der Waals surface area contributed by atoms with Crippen LogP contribution < -0.4 is 0 Å². The van der Waals surface area contributed by atoms with E-state index < -0.39 is 30.1 Å². The second-order valence-corrected chi connectivity index (χ2v) is 11.4. The fourth-order valence-electron chi connectivity index (χ4n) is 4.36. The monoisotopic (exact) mass is 559 g/mol. The number of aromatic nitrogens is 3. The van der Waals surface area contributed by atoms with E-state index in [1.165, 1.54) is 40.3 Å². The van der Waals surface area contributed by atoms with Gasteiger partial charge in [-0.25, -0.2) is 9.78 Å². The summed E-state index contributed by atoms with van der Waals surface area (Å²) in [6, 6.07) is 2.42. The first-order valence-corrected chi connectivity index (χ1v) is 13.4. The molecule has 0 bridgehead atoms. The van der Waals surface area contributed by atoms with Crippen molar-refractivity contribution in [2.75, 3.05) is 19.6 Å². The van der Waals surface area contributed by atoms with Crippen LogP contribution in [-0.2, 0) is 5.75 Å². The Hall–Kier alpha value is -2.51. The number of carbonyl (C=O) groups excluding carboxylic acids is 2. The number of likely N-dealkylation sites (tertiary alicyclic amines) is 2. The van der Waals surface area contributed by atoms with E-state index in [9.17, 15) is 22.8 Å². The minimum absolute atomic E-state index is 0.122. The molecule has 0 spiro atoms. The van der Waals surface area contributed by atoms with Crippen LogP contribution in [-0.4, -0.2) is 68.4 Å². The van der Waals surface area contributed by atoms with Crippen LogP contribution in [0.5, 0.6) is 0 Å². The fourth-order valence-corrected chi connectivity index (χ4v) is 6.43. The van der Waals surface area contributed by atoms with Gasteiger partial charge in [0, 0.05) is 30.3 Å². The number of amides is 2. The summed E-state index contributed by atoms with van der Waals surface area (Å²) in [5, 5.41) is 4.37. The molecule has 2 atom stereocenters. The van der Waals surface area contributed by atoms with Gasteiger partial charge in [-0.2, -0.15) is 17.9 Å². The number of carbonyl (C=O) groups is 2. The Balaban J connectivity index is 1.44. The van der Waals surface area contributed by atoms with Gasteiger partial charge in [-0.15, -0.1) is 16.4 Å². The highest BCUT2D eigenvalue weighted by Gasteiger charge is 2.59. The summed E-state index contributed by atoms with van der Waals surface area (Å²) < 4.78 is 49.0. The zero-order chi connectivity index (χ0) is 25.6. The molecule has 0 N–H and O–H groups in total. The number of thioether (sulfide) groups is 1. The molecule has 3 aromatic heterocycles. The van der Waals surface area contributed by atoms with E-state index in [0.717, 1.165) is 27.3 Å². The van der Waals surface area contributed by atoms with Crippen LogP contribution in [0.2, 0.25) is 4.34 Å². The lowest BCUT2D eigenvalue weighted by Crippen LogP contribution is -2.65. The molecule has 0 saturated carbocycles. The average Bonchev–Trinajstić information content (AvgIpc) is 3.58. The molecular weight excluding hydrogens is 539 g/mol. The van der Waals surface area contributed by atoms with Crippen LogP contribution in [0.3, 0.4) is 0 Å².